The molecule has 8 nitrogen and oxygen atoms in total. The minimum atomic E-state index is -0.462. The van der Waals surface area contributed by atoms with Crippen molar-refractivity contribution in [2.24, 2.45) is 0 Å². The van der Waals surface area contributed by atoms with Crippen LogP contribution < -0.4 is 10.6 Å². The number of aryl methyl sites for hydroxylation is 1. The molecule has 35 heavy (non-hydrogen) atoms. The quantitative estimate of drug-likeness (QED) is 0.356. The second-order valence-electron chi connectivity index (χ2n) is 8.33. The first kappa shape index (κ1) is 23.8. The highest BCUT2D eigenvalue weighted by Gasteiger charge is 2.14. The first-order valence-electron chi connectivity index (χ1n) is 11.3. The lowest BCUT2D eigenvalue weighted by Gasteiger charge is -2.16. The van der Waals surface area contributed by atoms with Crippen molar-refractivity contribution < 1.29 is 19.1 Å². The summed E-state index contributed by atoms with van der Waals surface area (Å²) in [4.78, 5) is 24.1. The van der Waals surface area contributed by atoms with E-state index in [1.807, 2.05) is 62.4 Å². The van der Waals surface area contributed by atoms with Gasteiger partial charge in [0, 0.05) is 23.7 Å². The van der Waals surface area contributed by atoms with Crippen LogP contribution in [0.4, 0.5) is 10.5 Å². The maximum atomic E-state index is 12.2. The van der Waals surface area contributed by atoms with E-state index in [1.54, 1.807) is 29.1 Å². The fourth-order valence-corrected chi connectivity index (χ4v) is 3.78. The molecule has 180 valence electrons. The lowest BCUT2D eigenvalue weighted by molar-refractivity contribution is 0.0600. The Hall–Kier alpha value is -4.33. The van der Waals surface area contributed by atoms with Gasteiger partial charge in [0.25, 0.3) is 0 Å². The van der Waals surface area contributed by atoms with Crippen LogP contribution in [0, 0.1) is 6.92 Å². The fourth-order valence-electron chi connectivity index (χ4n) is 3.78. The molecule has 3 aromatic carbocycles. The van der Waals surface area contributed by atoms with Gasteiger partial charge in [-0.3, -0.25) is 0 Å². The van der Waals surface area contributed by atoms with Crippen LogP contribution in [0.15, 0.2) is 72.9 Å². The third-order valence-corrected chi connectivity index (χ3v) is 5.52. The molecule has 1 heterocycles. The number of benzene rings is 3. The molecular weight excluding hydrogens is 444 g/mol. The summed E-state index contributed by atoms with van der Waals surface area (Å²) in [5, 5.41) is 11.7. The molecule has 0 fully saturated rings. The molecule has 0 unspecified atom stereocenters. The molecule has 1 aromatic heterocycles. The van der Waals surface area contributed by atoms with Gasteiger partial charge in [-0.1, -0.05) is 36.4 Å². The van der Waals surface area contributed by atoms with E-state index in [9.17, 15) is 9.59 Å². The van der Waals surface area contributed by atoms with Gasteiger partial charge in [0.2, 0.25) is 0 Å². The van der Waals surface area contributed by atoms with Crippen LogP contribution in [0.3, 0.4) is 0 Å². The first-order chi connectivity index (χ1) is 16.9. The van der Waals surface area contributed by atoms with E-state index in [-0.39, 0.29) is 12.6 Å². The topological polar surface area (TPSA) is 94.5 Å². The van der Waals surface area contributed by atoms with Gasteiger partial charge in [-0.15, -0.1) is 0 Å². The van der Waals surface area contributed by atoms with E-state index in [2.05, 4.69) is 15.7 Å². The molecule has 0 spiro atoms. The molecule has 4 rings (SSSR count). The molecule has 0 aliphatic carbocycles. The summed E-state index contributed by atoms with van der Waals surface area (Å²) in [5.74, 6) is -0.398. The van der Waals surface area contributed by atoms with Crippen LogP contribution in [0.2, 0.25) is 0 Å². The smallest absolute Gasteiger partial charge is 0.407 e. The summed E-state index contributed by atoms with van der Waals surface area (Å²) >= 11 is 0. The highest BCUT2D eigenvalue weighted by molar-refractivity contribution is 5.94. The van der Waals surface area contributed by atoms with Crippen molar-refractivity contribution in [1.29, 1.82) is 0 Å². The Balaban J connectivity index is 1.44. The molecule has 8 heteroatoms. The molecule has 1 amide bonds. The highest BCUT2D eigenvalue weighted by atomic mass is 16.5. The number of fused-ring (bicyclic) bond motifs is 1. The normalized spacial score (nSPS) is 11.6. The third kappa shape index (κ3) is 5.78. The van der Waals surface area contributed by atoms with Crippen molar-refractivity contribution in [3.05, 3.63) is 89.6 Å². The van der Waals surface area contributed by atoms with Gasteiger partial charge in [-0.05, 0) is 55.3 Å². The van der Waals surface area contributed by atoms with Crippen molar-refractivity contribution in [3.8, 4) is 5.69 Å². The van der Waals surface area contributed by atoms with Gasteiger partial charge in [-0.25, -0.2) is 14.3 Å². The fraction of sp³-hybridized carbons (Fsp3) is 0.222. The second-order valence-corrected chi connectivity index (χ2v) is 8.33. The van der Waals surface area contributed by atoms with Gasteiger partial charge in [-0.2, -0.15) is 5.10 Å². The average Bonchev–Trinajstić information content (AvgIpc) is 3.30. The van der Waals surface area contributed by atoms with Gasteiger partial charge >= 0.3 is 12.1 Å². The van der Waals surface area contributed by atoms with Crippen molar-refractivity contribution in [2.45, 2.75) is 26.5 Å². The number of methoxy groups -OCH3 is 1. The molecule has 0 bridgehead atoms. The van der Waals surface area contributed by atoms with E-state index in [0.29, 0.717) is 12.1 Å². The van der Waals surface area contributed by atoms with Crippen LogP contribution in [0.25, 0.3) is 16.6 Å². The number of amides is 1. The summed E-state index contributed by atoms with van der Waals surface area (Å²) in [6.45, 7) is 4.64. The highest BCUT2D eigenvalue weighted by Crippen LogP contribution is 2.27. The van der Waals surface area contributed by atoms with Crippen molar-refractivity contribution in [3.63, 3.8) is 0 Å². The van der Waals surface area contributed by atoms with E-state index < -0.39 is 12.1 Å². The van der Waals surface area contributed by atoms with Gasteiger partial charge in [0.1, 0.15) is 6.61 Å². The number of rotatable bonds is 8. The Morgan fingerprint density at radius 3 is 2.63 bits per heavy atom. The minimum Gasteiger partial charge on any atom is -0.465 e. The van der Waals surface area contributed by atoms with E-state index in [0.717, 1.165) is 33.4 Å². The maximum Gasteiger partial charge on any atom is 0.407 e. The van der Waals surface area contributed by atoms with E-state index >= 15 is 0 Å². The Labute approximate surface area is 203 Å². The zero-order valence-corrected chi connectivity index (χ0v) is 19.9. The van der Waals surface area contributed by atoms with Gasteiger partial charge < -0.3 is 20.1 Å². The van der Waals surface area contributed by atoms with Crippen molar-refractivity contribution in [2.75, 3.05) is 19.0 Å². The molecule has 1 atom stereocenters. The van der Waals surface area contributed by atoms with Crippen LogP contribution in [0.1, 0.15) is 28.4 Å². The van der Waals surface area contributed by atoms with Crippen LogP contribution >= 0.6 is 0 Å². The lowest BCUT2D eigenvalue weighted by Crippen LogP contribution is -2.37. The summed E-state index contributed by atoms with van der Waals surface area (Å²) < 4.78 is 11.9. The largest absolute Gasteiger partial charge is 0.465 e. The first-order valence-corrected chi connectivity index (χ1v) is 11.3. The lowest BCUT2D eigenvalue weighted by atomic mass is 10.1. The number of nitrogens with zero attached hydrogens (tertiary/aromatic N) is 2. The number of carbonyl (C=O) groups is 2. The Morgan fingerprint density at radius 1 is 1.06 bits per heavy atom. The summed E-state index contributed by atoms with van der Waals surface area (Å²) in [6, 6.07) is 20.6. The number of nitrogens with one attached hydrogen (secondary N) is 2. The monoisotopic (exact) mass is 472 g/mol. The molecule has 0 aliphatic rings. The zero-order chi connectivity index (χ0) is 24.8. The molecule has 0 radical (unpaired) electrons. The Kier molecular flexibility index (Phi) is 7.30. The van der Waals surface area contributed by atoms with E-state index in [1.165, 1.54) is 7.11 Å². The number of anilines is 1. The number of alkyl carbamates (subject to hydrolysis) is 1. The molecule has 0 saturated carbocycles. The Bertz CT molecular complexity index is 1330. The molecular formula is C27H28N4O4. The zero-order valence-electron chi connectivity index (χ0n) is 19.9. The van der Waals surface area contributed by atoms with Crippen LogP contribution in [0.5, 0.6) is 0 Å². The summed E-state index contributed by atoms with van der Waals surface area (Å²) in [5.41, 5.74) is 5.01. The van der Waals surface area contributed by atoms with Crippen LogP contribution in [-0.2, 0) is 16.1 Å². The number of ether oxygens (including phenoxy) is 2. The number of hydrogen-bond donors (Lipinski definition) is 2. The number of aromatic nitrogens is 2. The third-order valence-electron chi connectivity index (χ3n) is 5.52. The number of esters is 1. The van der Waals surface area contributed by atoms with Gasteiger partial charge in [0.05, 0.1) is 30.1 Å². The molecule has 4 aromatic rings. The second kappa shape index (κ2) is 10.7. The van der Waals surface area contributed by atoms with Crippen molar-refractivity contribution in [1.82, 2.24) is 15.1 Å². The SMILES string of the molecule is COC(=O)c1cccc(-n2ncc3c(NC[C@H](C)NC(=O)OCc4ccccc4)cc(C)cc32)c1. The predicted molar refractivity (Wildman–Crippen MR) is 135 cm³/mol. The predicted octanol–water partition coefficient (Wildman–Crippen LogP) is 4.85. The summed E-state index contributed by atoms with van der Waals surface area (Å²) in [7, 11) is 1.36. The average molecular weight is 473 g/mol. The Morgan fingerprint density at radius 2 is 1.86 bits per heavy atom. The molecule has 0 saturated heterocycles. The maximum absolute atomic E-state index is 12.2. The standard InChI is InChI=1S/C27H28N4O4/c1-18-12-24(28-15-19(2)30-27(33)35-17-20-8-5-4-6-9-20)23-16-29-31(25(23)13-18)22-11-7-10-21(14-22)26(32)34-3/h4-14,16,19,28H,15,17H2,1-3H3,(H,30,33)/t19-/m0/s1. The van der Waals surface area contributed by atoms with E-state index in [4.69, 9.17) is 9.47 Å². The number of carbonyl (C=O) groups excluding carboxylic acids is 2. The molecule has 2 N–H and O–H groups in total. The summed E-state index contributed by atoms with van der Waals surface area (Å²) in [6.07, 6.45) is 1.32. The molecule has 0 aliphatic heterocycles. The minimum absolute atomic E-state index is 0.166. The van der Waals surface area contributed by atoms with Crippen LogP contribution in [-0.4, -0.2) is 41.5 Å². The van der Waals surface area contributed by atoms with Gasteiger partial charge in [0.15, 0.2) is 0 Å². The number of hydrogen-bond acceptors (Lipinski definition) is 6. The van der Waals surface area contributed by atoms with Crippen molar-refractivity contribution >= 4 is 28.7 Å².